The summed E-state index contributed by atoms with van der Waals surface area (Å²) in [6.45, 7) is 3.88. The molecule has 2 aromatic carbocycles. The van der Waals surface area contributed by atoms with Crippen LogP contribution in [0, 0.1) is 28.6 Å². The van der Waals surface area contributed by atoms with Crippen molar-refractivity contribution in [2.24, 2.45) is 17.3 Å². The number of hydrogen-bond donors (Lipinski definition) is 0. The molecule has 2 fully saturated rings. The Morgan fingerprint density at radius 3 is 2.50 bits per heavy atom. The van der Waals surface area contributed by atoms with Gasteiger partial charge in [0.25, 0.3) is 0 Å². The zero-order chi connectivity index (χ0) is 22.7. The predicted molar refractivity (Wildman–Crippen MR) is 116 cm³/mol. The Balaban J connectivity index is 1.39. The lowest BCUT2D eigenvalue weighted by Gasteiger charge is -2.13. The van der Waals surface area contributed by atoms with Crippen molar-refractivity contribution < 1.29 is 23.8 Å². The molecule has 0 N–H and O–H groups in total. The fourth-order valence-corrected chi connectivity index (χ4v) is 3.78. The third kappa shape index (κ3) is 5.00. The molecular formula is C26H25NO5. The molecule has 0 bridgehead atoms. The molecule has 0 aliphatic heterocycles. The van der Waals surface area contributed by atoms with Crippen LogP contribution >= 0.6 is 0 Å². The fraction of sp³-hybridized carbons (Fsp3) is 0.346. The first-order valence-electron chi connectivity index (χ1n) is 10.7. The summed E-state index contributed by atoms with van der Waals surface area (Å²) in [5, 5.41) is 9.63. The quantitative estimate of drug-likeness (QED) is 0.426. The zero-order valence-corrected chi connectivity index (χ0v) is 18.1. The molecule has 0 heterocycles. The summed E-state index contributed by atoms with van der Waals surface area (Å²) < 4.78 is 16.6. The Hall–Kier alpha value is -3.59. The van der Waals surface area contributed by atoms with E-state index in [4.69, 9.17) is 14.2 Å². The normalized spacial score (nSPS) is 21.9. The molecule has 0 aromatic heterocycles. The number of para-hydroxylation sites is 1. The highest BCUT2D eigenvalue weighted by atomic mass is 16.6. The van der Waals surface area contributed by atoms with Crippen LogP contribution in [0.5, 0.6) is 11.5 Å². The molecule has 32 heavy (non-hydrogen) atoms. The van der Waals surface area contributed by atoms with Gasteiger partial charge in [-0.3, -0.25) is 4.79 Å². The van der Waals surface area contributed by atoms with Crippen LogP contribution in [-0.2, 0) is 19.1 Å². The van der Waals surface area contributed by atoms with E-state index in [2.05, 4.69) is 6.07 Å². The summed E-state index contributed by atoms with van der Waals surface area (Å²) >= 11 is 0. The minimum absolute atomic E-state index is 0.0400. The smallest absolute Gasteiger partial charge is 0.330 e. The molecule has 0 saturated heterocycles. The SMILES string of the molecule is CC1(C)[C@H](C(=O)O[C@H](C#N)c2cccc(Oc3ccccc3)c2)[C@@H]1/C=C\C(=O)OC1CC1. The largest absolute Gasteiger partial charge is 0.459 e. The third-order valence-corrected chi connectivity index (χ3v) is 5.90. The Morgan fingerprint density at radius 2 is 1.81 bits per heavy atom. The maximum atomic E-state index is 12.8. The Bertz CT molecular complexity index is 1070. The van der Waals surface area contributed by atoms with Crippen molar-refractivity contribution in [1.29, 1.82) is 5.26 Å². The van der Waals surface area contributed by atoms with E-state index in [9.17, 15) is 14.9 Å². The van der Waals surface area contributed by atoms with Gasteiger partial charge in [0.2, 0.25) is 6.10 Å². The molecule has 6 heteroatoms. The summed E-state index contributed by atoms with van der Waals surface area (Å²) in [5.74, 6) is -0.189. The zero-order valence-electron chi connectivity index (χ0n) is 18.1. The van der Waals surface area contributed by atoms with Crippen LogP contribution in [0.3, 0.4) is 0 Å². The van der Waals surface area contributed by atoms with E-state index < -0.39 is 18.0 Å². The topological polar surface area (TPSA) is 85.6 Å². The van der Waals surface area contributed by atoms with Crippen molar-refractivity contribution in [3.8, 4) is 17.6 Å². The van der Waals surface area contributed by atoms with Gasteiger partial charge < -0.3 is 14.2 Å². The van der Waals surface area contributed by atoms with Gasteiger partial charge in [0, 0.05) is 11.6 Å². The van der Waals surface area contributed by atoms with Crippen molar-refractivity contribution in [2.45, 2.75) is 38.9 Å². The van der Waals surface area contributed by atoms with Crippen LogP contribution in [0.2, 0.25) is 0 Å². The molecule has 0 amide bonds. The summed E-state index contributed by atoms with van der Waals surface area (Å²) in [5.41, 5.74) is 0.180. The first kappa shape index (κ1) is 21.6. The highest BCUT2D eigenvalue weighted by Gasteiger charge is 2.61. The number of carbonyl (C=O) groups is 2. The molecular weight excluding hydrogens is 406 g/mol. The minimum Gasteiger partial charge on any atom is -0.459 e. The predicted octanol–water partition coefficient (Wildman–Crippen LogP) is 5.12. The van der Waals surface area contributed by atoms with Crippen LogP contribution < -0.4 is 4.74 Å². The maximum absolute atomic E-state index is 12.8. The standard InChI is InChI=1S/C26H25NO5/c1-26(2)21(13-14-23(28)31-19-11-12-19)24(26)25(29)32-22(16-27)17-7-6-10-20(15-17)30-18-8-4-3-5-9-18/h3-10,13-15,19,21-22,24H,11-12H2,1-2H3/b14-13-/t21-,22+,24-/m0/s1. The van der Waals surface area contributed by atoms with Crippen molar-refractivity contribution >= 4 is 11.9 Å². The molecule has 0 radical (unpaired) electrons. The molecule has 164 valence electrons. The highest BCUT2D eigenvalue weighted by Crippen LogP contribution is 2.59. The van der Waals surface area contributed by atoms with E-state index in [0.717, 1.165) is 12.8 Å². The molecule has 6 nitrogen and oxygen atoms in total. The van der Waals surface area contributed by atoms with E-state index in [0.29, 0.717) is 17.1 Å². The number of nitriles is 1. The Morgan fingerprint density at radius 1 is 1.09 bits per heavy atom. The van der Waals surface area contributed by atoms with Gasteiger partial charge in [-0.05, 0) is 48.4 Å². The maximum Gasteiger partial charge on any atom is 0.330 e. The highest BCUT2D eigenvalue weighted by molar-refractivity contribution is 5.83. The van der Waals surface area contributed by atoms with Crippen molar-refractivity contribution in [3.05, 3.63) is 72.3 Å². The number of nitrogens with zero attached hydrogens (tertiary/aromatic N) is 1. The molecule has 3 atom stereocenters. The molecule has 2 aliphatic carbocycles. The molecule has 0 unspecified atom stereocenters. The first-order chi connectivity index (χ1) is 15.4. The third-order valence-electron chi connectivity index (χ3n) is 5.90. The molecule has 2 saturated carbocycles. The second-order valence-electron chi connectivity index (χ2n) is 8.75. The van der Waals surface area contributed by atoms with Crippen molar-refractivity contribution in [2.75, 3.05) is 0 Å². The number of hydrogen-bond acceptors (Lipinski definition) is 6. The number of benzene rings is 2. The number of allylic oxidation sites excluding steroid dienone is 1. The van der Waals surface area contributed by atoms with E-state index in [1.165, 1.54) is 6.08 Å². The molecule has 2 aliphatic rings. The lowest BCUT2D eigenvalue weighted by atomic mass is 10.1. The van der Waals surface area contributed by atoms with Gasteiger partial charge >= 0.3 is 11.9 Å². The lowest BCUT2D eigenvalue weighted by Crippen LogP contribution is -2.14. The van der Waals surface area contributed by atoms with Crippen LogP contribution in [0.25, 0.3) is 0 Å². The van der Waals surface area contributed by atoms with Gasteiger partial charge in [-0.25, -0.2) is 4.79 Å². The van der Waals surface area contributed by atoms with Crippen LogP contribution in [0.4, 0.5) is 0 Å². The average molecular weight is 431 g/mol. The number of carbonyl (C=O) groups excluding carboxylic acids is 2. The molecule has 2 aromatic rings. The van der Waals surface area contributed by atoms with E-state index >= 15 is 0 Å². The molecule has 4 rings (SSSR count). The van der Waals surface area contributed by atoms with Gasteiger partial charge in [-0.2, -0.15) is 5.26 Å². The van der Waals surface area contributed by atoms with Gasteiger partial charge in [-0.15, -0.1) is 0 Å². The average Bonchev–Trinajstić information content (AvgIpc) is 3.68. The summed E-state index contributed by atoms with van der Waals surface area (Å²) in [6, 6.07) is 18.3. The van der Waals surface area contributed by atoms with E-state index in [1.54, 1.807) is 30.3 Å². The lowest BCUT2D eigenvalue weighted by molar-refractivity contribution is -0.149. The second kappa shape index (κ2) is 8.88. The van der Waals surface area contributed by atoms with Crippen LogP contribution in [0.1, 0.15) is 38.4 Å². The first-order valence-corrected chi connectivity index (χ1v) is 10.7. The summed E-state index contributed by atoms with van der Waals surface area (Å²) in [7, 11) is 0. The van der Waals surface area contributed by atoms with Gasteiger partial charge in [0.05, 0.1) is 5.92 Å². The number of rotatable bonds is 8. The van der Waals surface area contributed by atoms with Gasteiger partial charge in [0.1, 0.15) is 23.7 Å². The van der Waals surface area contributed by atoms with E-state index in [-0.39, 0.29) is 23.4 Å². The van der Waals surface area contributed by atoms with Crippen LogP contribution in [-0.4, -0.2) is 18.0 Å². The van der Waals surface area contributed by atoms with Gasteiger partial charge in [-0.1, -0.05) is 50.3 Å². The Labute approximate surface area is 187 Å². The minimum atomic E-state index is -1.05. The fourth-order valence-electron chi connectivity index (χ4n) is 3.78. The van der Waals surface area contributed by atoms with Gasteiger partial charge in [0.15, 0.2) is 0 Å². The summed E-state index contributed by atoms with van der Waals surface area (Å²) in [4.78, 5) is 24.6. The van der Waals surface area contributed by atoms with Crippen molar-refractivity contribution in [1.82, 2.24) is 0 Å². The molecule has 0 spiro atoms. The monoisotopic (exact) mass is 431 g/mol. The van der Waals surface area contributed by atoms with Crippen LogP contribution in [0.15, 0.2) is 66.7 Å². The second-order valence-corrected chi connectivity index (χ2v) is 8.75. The summed E-state index contributed by atoms with van der Waals surface area (Å²) in [6.07, 6.45) is 3.92. The van der Waals surface area contributed by atoms with Crippen molar-refractivity contribution in [3.63, 3.8) is 0 Å². The number of esters is 2. The Kier molecular flexibility index (Phi) is 6.00. The van der Waals surface area contributed by atoms with E-state index in [1.807, 2.05) is 44.2 Å². The number of ether oxygens (including phenoxy) is 3.